The Hall–Kier alpha value is -3.40. The maximum Gasteiger partial charge on any atom is 0.508 e. The molecule has 1 aliphatic heterocycles. The van der Waals surface area contributed by atoms with Crippen molar-refractivity contribution in [1.29, 1.82) is 0 Å². The molecule has 0 radical (unpaired) electrons. The molecular formula is C50H85NO11. The fourth-order valence-corrected chi connectivity index (χ4v) is 6.70. The van der Waals surface area contributed by atoms with Gasteiger partial charge in [-0.05, 0) is 96.6 Å². The van der Waals surface area contributed by atoms with Crippen LogP contribution in [0.4, 0.5) is 4.79 Å². The van der Waals surface area contributed by atoms with Gasteiger partial charge >= 0.3 is 24.1 Å². The van der Waals surface area contributed by atoms with Gasteiger partial charge in [-0.1, -0.05) is 83.6 Å². The van der Waals surface area contributed by atoms with Gasteiger partial charge < -0.3 is 38.1 Å². The molecule has 1 saturated heterocycles. The number of carbonyl (C=O) groups excluding carboxylic acids is 4. The summed E-state index contributed by atoms with van der Waals surface area (Å²) in [6.07, 6.45) is 26.2. The van der Waals surface area contributed by atoms with Crippen molar-refractivity contribution in [3.8, 4) is 11.8 Å². The van der Waals surface area contributed by atoms with E-state index in [2.05, 4.69) is 68.7 Å². The van der Waals surface area contributed by atoms with Gasteiger partial charge in [0.2, 0.25) is 0 Å². The molecule has 62 heavy (non-hydrogen) atoms. The number of nitrogens with zero attached hydrogens (tertiary/aromatic N) is 1. The first-order chi connectivity index (χ1) is 30.3. The molecule has 0 spiro atoms. The summed E-state index contributed by atoms with van der Waals surface area (Å²) >= 11 is 0. The Morgan fingerprint density at radius 2 is 1.21 bits per heavy atom. The molecule has 0 aromatic carbocycles. The minimum Gasteiger partial charge on any atom is -0.465 e. The number of hydrogen-bond donors (Lipinski definition) is 0. The van der Waals surface area contributed by atoms with E-state index in [1.165, 1.54) is 19.3 Å². The first-order valence-corrected chi connectivity index (χ1v) is 24.3. The van der Waals surface area contributed by atoms with Gasteiger partial charge in [0, 0.05) is 57.8 Å². The Morgan fingerprint density at radius 1 is 0.613 bits per heavy atom. The minimum absolute atomic E-state index is 0.0789. The topological polar surface area (TPSA) is 136 Å². The number of likely N-dealkylation sites (tertiary alicyclic amines) is 1. The van der Waals surface area contributed by atoms with E-state index in [-0.39, 0.29) is 57.6 Å². The van der Waals surface area contributed by atoms with E-state index in [1.807, 2.05) is 0 Å². The minimum atomic E-state index is -0.801. The normalized spacial score (nSPS) is 14.8. The first-order valence-electron chi connectivity index (χ1n) is 24.3. The highest BCUT2D eigenvalue weighted by Gasteiger charge is 2.23. The van der Waals surface area contributed by atoms with Crippen molar-refractivity contribution < 1.29 is 52.3 Å². The lowest BCUT2D eigenvalue weighted by Gasteiger charge is -2.31. The number of piperidine rings is 1. The zero-order valence-corrected chi connectivity index (χ0v) is 39.3. The second-order valence-corrected chi connectivity index (χ2v) is 16.2. The Morgan fingerprint density at radius 3 is 1.84 bits per heavy atom. The molecule has 0 bridgehead atoms. The van der Waals surface area contributed by atoms with Gasteiger partial charge in [0.1, 0.15) is 26.4 Å². The van der Waals surface area contributed by atoms with Crippen molar-refractivity contribution in [3.63, 3.8) is 0 Å². The molecule has 1 fully saturated rings. The van der Waals surface area contributed by atoms with Gasteiger partial charge in [0.05, 0.1) is 18.9 Å². The molecule has 1 rings (SSSR count). The number of ether oxygens (including phenoxy) is 7. The second kappa shape index (κ2) is 41.6. The number of unbranched alkanes of at least 4 members (excludes halogenated alkanes) is 10. The van der Waals surface area contributed by atoms with Gasteiger partial charge in [-0.2, -0.15) is 0 Å². The molecule has 0 aliphatic carbocycles. The van der Waals surface area contributed by atoms with Crippen molar-refractivity contribution in [2.24, 2.45) is 11.8 Å². The van der Waals surface area contributed by atoms with Crippen LogP contribution in [0.2, 0.25) is 0 Å². The summed E-state index contributed by atoms with van der Waals surface area (Å²) in [6, 6.07) is 0. The maximum absolute atomic E-state index is 13.0. The fraction of sp³-hybridized carbons (Fsp3) is 0.800. The van der Waals surface area contributed by atoms with Crippen LogP contribution in [-0.2, 0) is 47.5 Å². The summed E-state index contributed by atoms with van der Waals surface area (Å²) in [5.41, 5.74) is 0. The zero-order chi connectivity index (χ0) is 45.1. The molecule has 0 amide bonds. The van der Waals surface area contributed by atoms with Crippen LogP contribution in [-0.4, -0.2) is 101 Å². The number of allylic oxidation sites excluding steroid dienone is 4. The van der Waals surface area contributed by atoms with Gasteiger partial charge in [-0.3, -0.25) is 14.4 Å². The predicted molar refractivity (Wildman–Crippen MR) is 244 cm³/mol. The third kappa shape index (κ3) is 35.1. The Balaban J connectivity index is 2.59. The lowest BCUT2D eigenvalue weighted by molar-refractivity contribution is -0.161. The molecule has 0 aromatic rings. The molecule has 2 unspecified atom stereocenters. The monoisotopic (exact) mass is 876 g/mol. The number of carbonyl (C=O) groups is 4. The second-order valence-electron chi connectivity index (χ2n) is 16.2. The predicted octanol–water partition coefficient (Wildman–Crippen LogP) is 10.8. The summed E-state index contributed by atoms with van der Waals surface area (Å²) in [4.78, 5) is 52.7. The van der Waals surface area contributed by atoms with Crippen LogP contribution in [0.15, 0.2) is 24.3 Å². The van der Waals surface area contributed by atoms with E-state index in [9.17, 15) is 19.2 Å². The van der Waals surface area contributed by atoms with E-state index in [4.69, 9.17) is 33.2 Å². The SMILES string of the molecule is CC/C=C\CCCCOC(CCC(=O)OCC(COC(=O)CCCCCC(=O)OCCC#CCCCCCC)COC(=O)OCC1CCCN(CC)C1)OCCCC/C=C\CC. The standard InChI is InChI=1S/C50H85NO11/c1-5-9-12-15-18-19-22-26-36-56-46(52)31-24-23-25-32-47(53)59-41-45(43-62-50(55)61-40-44-30-29-35-51(8-4)39-44)42-60-48(54)33-34-49(57-37-27-20-16-13-10-6-2)58-38-28-21-17-14-11-7-3/h10-11,13-14,44-45,49H,5-9,12,15-18,20-21,23-43H2,1-4H3/b13-10-,14-11-. The highest BCUT2D eigenvalue weighted by atomic mass is 16.7. The molecule has 12 heteroatoms. The molecule has 1 aliphatic rings. The van der Waals surface area contributed by atoms with E-state index >= 15 is 0 Å². The maximum atomic E-state index is 13.0. The van der Waals surface area contributed by atoms with Crippen LogP contribution < -0.4 is 0 Å². The lowest BCUT2D eigenvalue weighted by Crippen LogP contribution is -2.37. The third-order valence-electron chi connectivity index (χ3n) is 10.4. The molecule has 0 N–H and O–H groups in total. The Kier molecular flexibility index (Phi) is 38.0. The first kappa shape index (κ1) is 56.6. The molecule has 1 heterocycles. The van der Waals surface area contributed by atoms with E-state index in [1.54, 1.807) is 0 Å². The molecule has 0 aromatic heterocycles. The smallest absolute Gasteiger partial charge is 0.465 e. The molecular weight excluding hydrogens is 791 g/mol. The number of rotatable bonds is 38. The van der Waals surface area contributed by atoms with Crippen LogP contribution in [0, 0.1) is 23.7 Å². The number of esters is 3. The average molecular weight is 876 g/mol. The molecule has 0 saturated carbocycles. The molecule has 2 atom stereocenters. The number of hydrogen-bond acceptors (Lipinski definition) is 12. The van der Waals surface area contributed by atoms with Crippen LogP contribution in [0.25, 0.3) is 0 Å². The van der Waals surface area contributed by atoms with Crippen molar-refractivity contribution in [3.05, 3.63) is 24.3 Å². The van der Waals surface area contributed by atoms with Crippen LogP contribution in [0.3, 0.4) is 0 Å². The lowest BCUT2D eigenvalue weighted by atomic mass is 9.99. The third-order valence-corrected chi connectivity index (χ3v) is 10.4. The molecule has 356 valence electrons. The van der Waals surface area contributed by atoms with Gasteiger partial charge in [0.25, 0.3) is 0 Å². The fourth-order valence-electron chi connectivity index (χ4n) is 6.70. The summed E-state index contributed by atoms with van der Waals surface area (Å²) in [7, 11) is 0. The quantitative estimate of drug-likeness (QED) is 0.0146. The van der Waals surface area contributed by atoms with Crippen molar-refractivity contribution >= 4 is 24.1 Å². The van der Waals surface area contributed by atoms with Gasteiger partial charge in [-0.25, -0.2) is 4.79 Å². The van der Waals surface area contributed by atoms with Crippen LogP contribution in [0.1, 0.15) is 175 Å². The van der Waals surface area contributed by atoms with Crippen LogP contribution in [0.5, 0.6) is 0 Å². The van der Waals surface area contributed by atoms with Crippen molar-refractivity contribution in [1.82, 2.24) is 4.90 Å². The highest BCUT2D eigenvalue weighted by Crippen LogP contribution is 2.17. The van der Waals surface area contributed by atoms with E-state index in [0.717, 1.165) is 96.7 Å². The summed E-state index contributed by atoms with van der Waals surface area (Å²) in [5, 5.41) is 0. The summed E-state index contributed by atoms with van der Waals surface area (Å²) in [6.45, 7) is 12.7. The van der Waals surface area contributed by atoms with Crippen molar-refractivity contribution in [2.75, 3.05) is 65.9 Å². The van der Waals surface area contributed by atoms with Gasteiger partial charge in [-0.15, -0.1) is 5.92 Å². The zero-order valence-electron chi connectivity index (χ0n) is 39.3. The highest BCUT2D eigenvalue weighted by molar-refractivity contribution is 5.70. The summed E-state index contributed by atoms with van der Waals surface area (Å²) < 4.78 is 39.4. The average Bonchev–Trinajstić information content (AvgIpc) is 3.28. The Bertz CT molecular complexity index is 1230. The van der Waals surface area contributed by atoms with Gasteiger partial charge in [0.15, 0.2) is 6.29 Å². The van der Waals surface area contributed by atoms with E-state index in [0.29, 0.717) is 51.9 Å². The largest absolute Gasteiger partial charge is 0.508 e. The Labute approximate surface area is 375 Å². The van der Waals surface area contributed by atoms with Crippen LogP contribution >= 0.6 is 0 Å². The van der Waals surface area contributed by atoms with E-state index < -0.39 is 30.3 Å². The summed E-state index contributed by atoms with van der Waals surface area (Å²) in [5.74, 6) is 4.73. The van der Waals surface area contributed by atoms with Crippen molar-refractivity contribution in [2.45, 2.75) is 182 Å². The molecule has 12 nitrogen and oxygen atoms in total.